The summed E-state index contributed by atoms with van der Waals surface area (Å²) in [4.78, 5) is 31.3. The Morgan fingerprint density at radius 3 is 2.57 bits per heavy atom. The number of rotatable bonds is 8. The second kappa shape index (κ2) is 10.7. The maximum atomic E-state index is 13.5. The zero-order valence-electron chi connectivity index (χ0n) is 20.4. The fraction of sp³-hybridized carbons (Fsp3) is 0.520. The van der Waals surface area contributed by atoms with E-state index in [1.54, 1.807) is 12.5 Å². The first-order valence-corrected chi connectivity index (χ1v) is 13.5. The van der Waals surface area contributed by atoms with Crippen LogP contribution in [0.5, 0.6) is 0 Å². The molecule has 12 heteroatoms. The van der Waals surface area contributed by atoms with Crippen LogP contribution >= 0.6 is 11.3 Å². The number of nitrogens with one attached hydrogen (secondary N) is 2. The van der Waals surface area contributed by atoms with E-state index in [0.717, 1.165) is 55.5 Å². The van der Waals surface area contributed by atoms with Crippen LogP contribution < -0.4 is 10.6 Å². The molecule has 5 rings (SSSR count). The highest BCUT2D eigenvalue weighted by Gasteiger charge is 2.39. The average molecular weight is 535 g/mol. The van der Waals surface area contributed by atoms with Crippen LogP contribution in [0.15, 0.2) is 18.7 Å². The average Bonchev–Trinajstić information content (AvgIpc) is 3.59. The van der Waals surface area contributed by atoms with E-state index in [4.69, 9.17) is 0 Å². The van der Waals surface area contributed by atoms with Crippen LogP contribution in [0, 0.1) is 0 Å². The van der Waals surface area contributed by atoms with Gasteiger partial charge in [-0.1, -0.05) is 0 Å². The van der Waals surface area contributed by atoms with Crippen molar-refractivity contribution in [3.8, 4) is 0 Å². The third kappa shape index (κ3) is 5.58. The number of imidazole rings is 1. The lowest BCUT2D eigenvalue weighted by atomic mass is 9.95. The lowest BCUT2D eigenvalue weighted by molar-refractivity contribution is -0.142. The Kier molecular flexibility index (Phi) is 7.36. The van der Waals surface area contributed by atoms with Crippen molar-refractivity contribution >= 4 is 28.2 Å². The van der Waals surface area contributed by atoms with Gasteiger partial charge in [0, 0.05) is 41.6 Å². The van der Waals surface area contributed by atoms with Gasteiger partial charge in [0.15, 0.2) is 5.69 Å². The van der Waals surface area contributed by atoms with Crippen molar-refractivity contribution < 1.29 is 22.8 Å². The summed E-state index contributed by atoms with van der Waals surface area (Å²) in [6, 6.07) is 0. The molecule has 0 aliphatic heterocycles. The number of aryl methyl sites for hydroxylation is 2. The number of fused-ring (bicyclic) bond motifs is 2. The van der Waals surface area contributed by atoms with Gasteiger partial charge in [-0.2, -0.15) is 18.3 Å². The quantitative estimate of drug-likeness (QED) is 0.420. The van der Waals surface area contributed by atoms with E-state index in [0.29, 0.717) is 42.1 Å². The van der Waals surface area contributed by atoms with Gasteiger partial charge in [0.1, 0.15) is 11.5 Å². The number of hydrogen-bond donors (Lipinski definition) is 2. The predicted octanol–water partition coefficient (Wildman–Crippen LogP) is 4.38. The molecule has 8 nitrogen and oxygen atoms in total. The number of aromatic nitrogens is 4. The molecule has 0 radical (unpaired) electrons. The molecule has 3 aromatic heterocycles. The van der Waals surface area contributed by atoms with E-state index in [9.17, 15) is 22.8 Å². The van der Waals surface area contributed by atoms with Crippen LogP contribution in [0.2, 0.25) is 0 Å². The summed E-state index contributed by atoms with van der Waals surface area (Å²) in [5.41, 5.74) is 1.24. The van der Waals surface area contributed by atoms with Crippen molar-refractivity contribution in [2.24, 2.45) is 0 Å². The number of nitrogens with zero attached hydrogens (tertiary/aromatic N) is 4. The van der Waals surface area contributed by atoms with Crippen molar-refractivity contribution in [2.75, 3.05) is 11.9 Å². The number of thiophene rings is 1. The minimum Gasteiger partial charge on any atom is -0.352 e. The first kappa shape index (κ1) is 25.5. The molecule has 2 amide bonds. The van der Waals surface area contributed by atoms with Crippen molar-refractivity contribution in [3.05, 3.63) is 51.7 Å². The van der Waals surface area contributed by atoms with Crippen LogP contribution in [-0.4, -0.2) is 37.7 Å². The van der Waals surface area contributed by atoms with Gasteiger partial charge < -0.3 is 15.2 Å². The second-order valence-corrected chi connectivity index (χ2v) is 10.6. The van der Waals surface area contributed by atoms with Gasteiger partial charge >= 0.3 is 6.18 Å². The molecular weight excluding hydrogens is 505 g/mol. The first-order valence-electron chi connectivity index (χ1n) is 12.7. The Morgan fingerprint density at radius 2 is 1.81 bits per heavy atom. The third-order valence-corrected chi connectivity index (χ3v) is 8.12. The highest BCUT2D eigenvalue weighted by molar-refractivity contribution is 7.17. The summed E-state index contributed by atoms with van der Waals surface area (Å²) in [6.45, 7) is 0.862. The molecule has 2 aliphatic carbocycles. The number of carbonyl (C=O) groups excluding carboxylic acids is 2. The zero-order valence-corrected chi connectivity index (χ0v) is 21.2. The normalized spacial score (nSPS) is 15.2. The highest BCUT2D eigenvalue weighted by Crippen LogP contribution is 2.39. The van der Waals surface area contributed by atoms with Gasteiger partial charge in [0.2, 0.25) is 5.91 Å². The summed E-state index contributed by atoms with van der Waals surface area (Å²) in [5, 5.41) is 10.0. The van der Waals surface area contributed by atoms with Gasteiger partial charge in [-0.25, -0.2) is 4.98 Å². The summed E-state index contributed by atoms with van der Waals surface area (Å²) >= 11 is 1.39. The van der Waals surface area contributed by atoms with Gasteiger partial charge in [0.25, 0.3) is 5.91 Å². The SMILES string of the molecule is O=C(Cn1nc(C(F)(F)F)c2c1CCCC2)Nc1sc2c(c1C(=O)NCCCn1ccnc1)CCCC2. The zero-order chi connectivity index (χ0) is 26.0. The van der Waals surface area contributed by atoms with E-state index in [1.165, 1.54) is 16.0 Å². The maximum Gasteiger partial charge on any atom is 0.435 e. The molecule has 37 heavy (non-hydrogen) atoms. The smallest absolute Gasteiger partial charge is 0.352 e. The molecule has 0 spiro atoms. The van der Waals surface area contributed by atoms with E-state index in [1.807, 2.05) is 10.8 Å². The summed E-state index contributed by atoms with van der Waals surface area (Å²) in [6.07, 6.45) is 7.27. The van der Waals surface area contributed by atoms with Crippen LogP contribution in [0.25, 0.3) is 0 Å². The third-order valence-electron chi connectivity index (χ3n) is 6.91. The van der Waals surface area contributed by atoms with Crippen LogP contribution in [0.3, 0.4) is 0 Å². The molecule has 0 fully saturated rings. The van der Waals surface area contributed by atoms with E-state index in [-0.39, 0.29) is 18.0 Å². The molecule has 0 atom stereocenters. The van der Waals surface area contributed by atoms with Crippen molar-refractivity contribution in [3.63, 3.8) is 0 Å². The van der Waals surface area contributed by atoms with Crippen LogP contribution in [-0.2, 0) is 49.7 Å². The first-order chi connectivity index (χ1) is 17.8. The van der Waals surface area contributed by atoms with Crippen molar-refractivity contribution in [1.82, 2.24) is 24.6 Å². The largest absolute Gasteiger partial charge is 0.435 e. The number of hydrogen-bond acceptors (Lipinski definition) is 5. The highest BCUT2D eigenvalue weighted by atomic mass is 32.1. The fourth-order valence-corrected chi connectivity index (χ4v) is 6.50. The van der Waals surface area contributed by atoms with Crippen LogP contribution in [0.4, 0.5) is 18.2 Å². The second-order valence-electron chi connectivity index (χ2n) is 9.51. The topological polar surface area (TPSA) is 93.8 Å². The monoisotopic (exact) mass is 534 g/mol. The minimum atomic E-state index is -4.56. The molecule has 3 heterocycles. The Hall–Kier alpha value is -3.15. The summed E-state index contributed by atoms with van der Waals surface area (Å²) in [5.74, 6) is -0.728. The van der Waals surface area contributed by atoms with Crippen molar-refractivity contribution in [1.29, 1.82) is 0 Å². The molecule has 0 saturated carbocycles. The van der Waals surface area contributed by atoms with Gasteiger partial charge in [-0.3, -0.25) is 14.3 Å². The number of carbonyl (C=O) groups is 2. The Bertz CT molecular complexity index is 1280. The van der Waals surface area contributed by atoms with E-state index in [2.05, 4.69) is 20.7 Å². The standard InChI is InChI=1S/C25H29F3N6O2S/c26-25(27,28)22-16-6-1-3-8-18(16)34(32-22)14-20(35)31-24-21(17-7-2-4-9-19(17)37-24)23(36)30-10-5-12-33-13-11-29-15-33/h11,13,15H,1-10,12,14H2,(H,30,36)(H,31,35). The predicted molar refractivity (Wildman–Crippen MR) is 133 cm³/mol. The van der Waals surface area contributed by atoms with Gasteiger partial charge in [0.05, 0.1) is 11.9 Å². The number of alkyl halides is 3. The number of anilines is 1. The minimum absolute atomic E-state index is 0.203. The van der Waals surface area contributed by atoms with Gasteiger partial charge in [-0.15, -0.1) is 11.3 Å². The Morgan fingerprint density at radius 1 is 1.05 bits per heavy atom. The Labute approximate surface area is 216 Å². The molecule has 0 saturated heterocycles. The van der Waals surface area contributed by atoms with E-state index >= 15 is 0 Å². The maximum absolute atomic E-state index is 13.5. The number of amides is 2. The molecule has 0 bridgehead atoms. The lowest BCUT2D eigenvalue weighted by Gasteiger charge is -2.15. The Balaban J connectivity index is 1.31. The molecule has 198 valence electrons. The lowest BCUT2D eigenvalue weighted by Crippen LogP contribution is -2.28. The van der Waals surface area contributed by atoms with E-state index < -0.39 is 17.8 Å². The molecule has 2 aliphatic rings. The fourth-order valence-electron chi connectivity index (χ4n) is 5.20. The van der Waals surface area contributed by atoms with Crippen LogP contribution in [0.1, 0.15) is 69.9 Å². The molecule has 0 aromatic carbocycles. The van der Waals surface area contributed by atoms with Crippen molar-refractivity contribution in [2.45, 2.75) is 77.1 Å². The summed E-state index contributed by atoms with van der Waals surface area (Å²) < 4.78 is 43.7. The van der Waals surface area contributed by atoms with Gasteiger partial charge in [-0.05, 0) is 63.4 Å². The molecule has 0 unspecified atom stereocenters. The molecule has 2 N–H and O–H groups in total. The molecule has 3 aromatic rings. The number of halogens is 3. The summed E-state index contributed by atoms with van der Waals surface area (Å²) in [7, 11) is 0. The molecular formula is C25H29F3N6O2S.